The Morgan fingerprint density at radius 1 is 1.44 bits per heavy atom. The smallest absolute Gasteiger partial charge is 0.220 e. The maximum absolute atomic E-state index is 12.9. The molecule has 1 aromatic rings. The summed E-state index contributed by atoms with van der Waals surface area (Å²) in [6.07, 6.45) is 2.85. The van der Waals surface area contributed by atoms with Crippen molar-refractivity contribution in [1.82, 2.24) is 5.32 Å². The molecule has 0 saturated heterocycles. The van der Waals surface area contributed by atoms with Crippen LogP contribution < -0.4 is 5.32 Å². The van der Waals surface area contributed by atoms with E-state index in [1.54, 1.807) is 6.07 Å². The number of amides is 1. The summed E-state index contributed by atoms with van der Waals surface area (Å²) < 4.78 is 12.9. The minimum absolute atomic E-state index is 0.0426. The van der Waals surface area contributed by atoms with Crippen LogP contribution in [-0.2, 0) is 11.2 Å². The molecule has 2 N–H and O–H groups in total. The highest BCUT2D eigenvalue weighted by atomic mass is 19.1. The first kappa shape index (κ1) is 13.0. The molecule has 1 fully saturated rings. The van der Waals surface area contributed by atoms with Gasteiger partial charge in [0.2, 0.25) is 5.91 Å². The van der Waals surface area contributed by atoms with Crippen LogP contribution in [0.2, 0.25) is 0 Å². The first-order chi connectivity index (χ1) is 8.63. The number of benzene rings is 1. The van der Waals surface area contributed by atoms with Crippen molar-refractivity contribution in [2.45, 2.75) is 25.7 Å². The Hall–Kier alpha value is -1.42. The molecule has 0 aliphatic heterocycles. The topological polar surface area (TPSA) is 49.3 Å². The number of carbonyl (C=O) groups is 1. The number of hydrogen-bond acceptors (Lipinski definition) is 2. The molecular formula is C14H18FNO2. The van der Waals surface area contributed by atoms with E-state index >= 15 is 0 Å². The van der Waals surface area contributed by atoms with Crippen molar-refractivity contribution >= 4 is 5.91 Å². The molecule has 1 aliphatic carbocycles. The number of aliphatic hydroxyl groups excluding tert-OH is 1. The molecule has 4 heteroatoms. The van der Waals surface area contributed by atoms with Gasteiger partial charge in [0.1, 0.15) is 5.82 Å². The lowest BCUT2D eigenvalue weighted by molar-refractivity contribution is -0.121. The molecule has 98 valence electrons. The van der Waals surface area contributed by atoms with Crippen molar-refractivity contribution in [3.8, 4) is 0 Å². The van der Waals surface area contributed by atoms with Gasteiger partial charge >= 0.3 is 0 Å². The first-order valence-corrected chi connectivity index (χ1v) is 6.26. The van der Waals surface area contributed by atoms with Gasteiger partial charge in [-0.2, -0.15) is 0 Å². The Morgan fingerprint density at radius 3 is 2.83 bits per heavy atom. The summed E-state index contributed by atoms with van der Waals surface area (Å²) in [7, 11) is 0. The van der Waals surface area contributed by atoms with Crippen molar-refractivity contribution in [3.63, 3.8) is 0 Å². The van der Waals surface area contributed by atoms with E-state index in [0.29, 0.717) is 19.4 Å². The molecule has 2 rings (SSSR count). The predicted molar refractivity (Wildman–Crippen MR) is 66.5 cm³/mol. The van der Waals surface area contributed by atoms with Crippen LogP contribution in [0.1, 0.15) is 24.8 Å². The molecule has 0 aromatic heterocycles. The molecule has 0 bridgehead atoms. The van der Waals surface area contributed by atoms with Crippen molar-refractivity contribution in [2.24, 2.45) is 5.41 Å². The normalized spacial score (nSPS) is 16.3. The monoisotopic (exact) mass is 251 g/mol. The van der Waals surface area contributed by atoms with Crippen molar-refractivity contribution in [2.75, 3.05) is 13.2 Å². The molecule has 1 aliphatic rings. The first-order valence-electron chi connectivity index (χ1n) is 6.26. The lowest BCUT2D eigenvalue weighted by Crippen LogP contribution is -2.31. The second-order valence-corrected chi connectivity index (χ2v) is 5.06. The Balaban J connectivity index is 1.72. The Kier molecular flexibility index (Phi) is 3.97. The van der Waals surface area contributed by atoms with E-state index < -0.39 is 0 Å². The SMILES string of the molecule is O=C(CCc1cccc(F)c1)NCC1(CO)CC1. The fraction of sp³-hybridized carbons (Fsp3) is 0.500. The van der Waals surface area contributed by atoms with Crippen LogP contribution in [-0.4, -0.2) is 24.2 Å². The summed E-state index contributed by atoms with van der Waals surface area (Å²) in [4.78, 5) is 11.6. The number of carbonyl (C=O) groups excluding carboxylic acids is 1. The highest BCUT2D eigenvalue weighted by Gasteiger charge is 2.41. The standard InChI is InChI=1S/C14H18FNO2/c15-12-3-1-2-11(8-12)4-5-13(18)16-9-14(10-17)6-7-14/h1-3,8,17H,4-7,9-10H2,(H,16,18). The van der Waals surface area contributed by atoms with Crippen LogP contribution >= 0.6 is 0 Å². The summed E-state index contributed by atoms with van der Waals surface area (Å²) in [6, 6.07) is 6.30. The number of halogens is 1. The third kappa shape index (κ3) is 3.53. The largest absolute Gasteiger partial charge is 0.396 e. The predicted octanol–water partition coefficient (Wildman–Crippen LogP) is 1.65. The van der Waals surface area contributed by atoms with E-state index in [-0.39, 0.29) is 23.7 Å². The second-order valence-electron chi connectivity index (χ2n) is 5.06. The van der Waals surface area contributed by atoms with Crippen molar-refractivity contribution < 1.29 is 14.3 Å². The van der Waals surface area contributed by atoms with Gasteiger partial charge in [0, 0.05) is 18.4 Å². The average Bonchev–Trinajstić information content (AvgIpc) is 3.15. The van der Waals surface area contributed by atoms with E-state index in [0.717, 1.165) is 18.4 Å². The van der Waals surface area contributed by atoms with E-state index in [4.69, 9.17) is 5.11 Å². The molecule has 1 saturated carbocycles. The zero-order valence-corrected chi connectivity index (χ0v) is 10.3. The number of nitrogens with one attached hydrogen (secondary N) is 1. The molecule has 0 atom stereocenters. The lowest BCUT2D eigenvalue weighted by Gasteiger charge is -2.12. The van der Waals surface area contributed by atoms with Crippen LogP contribution in [0.3, 0.4) is 0 Å². The Bertz CT molecular complexity index is 430. The van der Waals surface area contributed by atoms with Crippen LogP contribution in [0.4, 0.5) is 4.39 Å². The van der Waals surface area contributed by atoms with Crippen molar-refractivity contribution in [1.29, 1.82) is 0 Å². The minimum Gasteiger partial charge on any atom is -0.396 e. The average molecular weight is 251 g/mol. The van der Waals surface area contributed by atoms with Gasteiger partial charge in [-0.05, 0) is 37.0 Å². The van der Waals surface area contributed by atoms with Gasteiger partial charge in [0.05, 0.1) is 6.61 Å². The summed E-state index contributed by atoms with van der Waals surface area (Å²) in [5, 5.41) is 11.9. The summed E-state index contributed by atoms with van der Waals surface area (Å²) in [5.41, 5.74) is 0.766. The van der Waals surface area contributed by atoms with Gasteiger partial charge in [-0.15, -0.1) is 0 Å². The third-order valence-electron chi connectivity index (χ3n) is 3.48. The maximum atomic E-state index is 12.9. The Labute approximate surface area is 106 Å². The summed E-state index contributed by atoms with van der Waals surface area (Å²) in [5.74, 6) is -0.316. The van der Waals surface area contributed by atoms with Gasteiger partial charge in [0.15, 0.2) is 0 Å². The van der Waals surface area contributed by atoms with Crippen LogP contribution in [0, 0.1) is 11.2 Å². The molecule has 0 unspecified atom stereocenters. The van der Waals surface area contributed by atoms with Crippen LogP contribution in [0.5, 0.6) is 0 Å². The van der Waals surface area contributed by atoms with Crippen LogP contribution in [0.25, 0.3) is 0 Å². The highest BCUT2D eigenvalue weighted by molar-refractivity contribution is 5.76. The number of aliphatic hydroxyl groups is 1. The van der Waals surface area contributed by atoms with Gasteiger partial charge in [0.25, 0.3) is 0 Å². The van der Waals surface area contributed by atoms with Crippen molar-refractivity contribution in [3.05, 3.63) is 35.6 Å². The minimum atomic E-state index is -0.273. The molecule has 1 amide bonds. The molecule has 0 spiro atoms. The molecule has 18 heavy (non-hydrogen) atoms. The van der Waals surface area contributed by atoms with E-state index in [9.17, 15) is 9.18 Å². The van der Waals surface area contributed by atoms with Crippen LogP contribution in [0.15, 0.2) is 24.3 Å². The Morgan fingerprint density at radius 2 is 2.22 bits per heavy atom. The fourth-order valence-electron chi connectivity index (χ4n) is 1.89. The van der Waals surface area contributed by atoms with Gasteiger partial charge < -0.3 is 10.4 Å². The highest BCUT2D eigenvalue weighted by Crippen LogP contribution is 2.44. The molecule has 0 heterocycles. The lowest BCUT2D eigenvalue weighted by atomic mass is 10.1. The third-order valence-corrected chi connectivity index (χ3v) is 3.48. The zero-order valence-electron chi connectivity index (χ0n) is 10.3. The fourth-order valence-corrected chi connectivity index (χ4v) is 1.89. The molecule has 3 nitrogen and oxygen atoms in total. The maximum Gasteiger partial charge on any atom is 0.220 e. The molecule has 0 radical (unpaired) electrons. The number of rotatable bonds is 6. The van der Waals surface area contributed by atoms with E-state index in [2.05, 4.69) is 5.32 Å². The summed E-state index contributed by atoms with van der Waals surface area (Å²) in [6.45, 7) is 0.683. The quantitative estimate of drug-likeness (QED) is 0.807. The van der Waals surface area contributed by atoms with E-state index in [1.165, 1.54) is 12.1 Å². The number of aryl methyl sites for hydroxylation is 1. The van der Waals surface area contributed by atoms with Gasteiger partial charge in [-0.1, -0.05) is 12.1 Å². The van der Waals surface area contributed by atoms with E-state index in [1.807, 2.05) is 6.07 Å². The second kappa shape index (κ2) is 5.48. The zero-order chi connectivity index (χ0) is 13.0. The van der Waals surface area contributed by atoms with Gasteiger partial charge in [-0.25, -0.2) is 4.39 Å². The molecular weight excluding hydrogens is 233 g/mol. The number of hydrogen-bond donors (Lipinski definition) is 2. The molecule has 1 aromatic carbocycles. The summed E-state index contributed by atoms with van der Waals surface area (Å²) >= 11 is 0. The van der Waals surface area contributed by atoms with Gasteiger partial charge in [-0.3, -0.25) is 4.79 Å².